The number of hydrogen-bond acceptors (Lipinski definition) is 5. The van der Waals surface area contributed by atoms with Gasteiger partial charge in [0.15, 0.2) is 0 Å². The summed E-state index contributed by atoms with van der Waals surface area (Å²) in [6.07, 6.45) is 5.00. The van der Waals surface area contributed by atoms with Crippen LogP contribution >= 0.6 is 0 Å². The summed E-state index contributed by atoms with van der Waals surface area (Å²) in [6.45, 7) is 5.23. The van der Waals surface area contributed by atoms with E-state index in [1.165, 1.54) is 6.92 Å². The number of ether oxygens (including phenoxy) is 1. The monoisotopic (exact) mass is 332 g/mol. The van der Waals surface area contributed by atoms with Crippen LogP contribution in [0.3, 0.4) is 0 Å². The van der Waals surface area contributed by atoms with Crippen LogP contribution in [0.25, 0.3) is 0 Å². The van der Waals surface area contributed by atoms with E-state index in [0.29, 0.717) is 25.9 Å². The minimum atomic E-state index is -0.935. The molecule has 0 aromatic rings. The van der Waals surface area contributed by atoms with E-state index in [-0.39, 0.29) is 24.6 Å². The van der Waals surface area contributed by atoms with Crippen molar-refractivity contribution >= 4 is 17.9 Å². The summed E-state index contributed by atoms with van der Waals surface area (Å²) in [5.74, 6) is -2.02. The van der Waals surface area contributed by atoms with Gasteiger partial charge in [0, 0.05) is 25.0 Å². The van der Waals surface area contributed by atoms with Crippen molar-refractivity contribution in [3.05, 3.63) is 12.2 Å². The van der Waals surface area contributed by atoms with Gasteiger partial charge in [-0.1, -0.05) is 13.0 Å². The van der Waals surface area contributed by atoms with Gasteiger partial charge < -0.3 is 20.1 Å². The van der Waals surface area contributed by atoms with Crippen LogP contribution in [0, 0.1) is 0 Å². The first-order valence-corrected chi connectivity index (χ1v) is 7.68. The first-order valence-electron chi connectivity index (χ1n) is 7.68. The number of esters is 1. The van der Waals surface area contributed by atoms with Crippen molar-refractivity contribution in [2.45, 2.75) is 58.3 Å². The van der Waals surface area contributed by atoms with Gasteiger partial charge in [0.1, 0.15) is 0 Å². The van der Waals surface area contributed by atoms with Gasteiger partial charge in [-0.2, -0.15) is 0 Å². The molecule has 7 heteroatoms. The highest BCUT2D eigenvalue weighted by Crippen LogP contribution is 2.03. The van der Waals surface area contributed by atoms with E-state index in [0.717, 1.165) is 25.7 Å². The Morgan fingerprint density at radius 1 is 0.913 bits per heavy atom. The molecule has 3 N–H and O–H groups in total. The van der Waals surface area contributed by atoms with Crippen LogP contribution in [0.2, 0.25) is 0 Å². The summed E-state index contributed by atoms with van der Waals surface area (Å²) in [5.41, 5.74) is 0.176. The Morgan fingerprint density at radius 3 is 1.91 bits per heavy atom. The summed E-state index contributed by atoms with van der Waals surface area (Å²) >= 11 is 0. The number of carbonyl (C=O) groups is 3. The maximum Gasteiger partial charge on any atom is 0.330 e. The van der Waals surface area contributed by atoms with E-state index < -0.39 is 11.9 Å². The number of aliphatic carboxylic acids is 2. The van der Waals surface area contributed by atoms with E-state index in [9.17, 15) is 14.4 Å². The van der Waals surface area contributed by atoms with Gasteiger partial charge in [0.25, 0.3) is 0 Å². The fourth-order valence-electron chi connectivity index (χ4n) is 1.37. The molecule has 134 valence electrons. The molecule has 0 saturated carbocycles. The molecule has 0 bridgehead atoms. The Labute approximate surface area is 137 Å². The van der Waals surface area contributed by atoms with Crippen LogP contribution < -0.4 is 0 Å². The summed E-state index contributed by atoms with van der Waals surface area (Å²) in [4.78, 5) is 31.0. The predicted molar refractivity (Wildman–Crippen MR) is 85.1 cm³/mol. The average Bonchev–Trinajstić information content (AvgIpc) is 2.47. The largest absolute Gasteiger partial charge is 0.481 e. The highest BCUT2D eigenvalue weighted by atomic mass is 16.5. The quantitative estimate of drug-likeness (QED) is 0.285. The van der Waals surface area contributed by atoms with Crippen molar-refractivity contribution in [3.63, 3.8) is 0 Å². The van der Waals surface area contributed by atoms with Crippen molar-refractivity contribution in [2.24, 2.45) is 0 Å². The second-order valence-corrected chi connectivity index (χ2v) is 5.04. The van der Waals surface area contributed by atoms with Crippen LogP contribution in [-0.2, 0) is 19.1 Å². The second-order valence-electron chi connectivity index (χ2n) is 5.04. The zero-order valence-corrected chi connectivity index (χ0v) is 13.8. The van der Waals surface area contributed by atoms with Gasteiger partial charge in [-0.15, -0.1) is 0 Å². The molecule has 0 aromatic carbocycles. The lowest BCUT2D eigenvalue weighted by Crippen LogP contribution is -2.06. The third-order valence-electron chi connectivity index (χ3n) is 2.70. The van der Waals surface area contributed by atoms with Crippen molar-refractivity contribution in [1.29, 1.82) is 0 Å². The Morgan fingerprint density at radius 2 is 1.43 bits per heavy atom. The number of rotatable bonds is 12. The van der Waals surface area contributed by atoms with Crippen LogP contribution in [0.5, 0.6) is 0 Å². The van der Waals surface area contributed by atoms with Gasteiger partial charge in [0.2, 0.25) is 0 Å². The predicted octanol–water partition coefficient (Wildman–Crippen LogP) is 2.37. The fourth-order valence-corrected chi connectivity index (χ4v) is 1.37. The van der Waals surface area contributed by atoms with Crippen molar-refractivity contribution in [3.8, 4) is 0 Å². The van der Waals surface area contributed by atoms with Crippen LogP contribution in [-0.4, -0.2) is 46.4 Å². The van der Waals surface area contributed by atoms with E-state index >= 15 is 0 Å². The molecule has 0 atom stereocenters. The summed E-state index contributed by atoms with van der Waals surface area (Å²) in [7, 11) is 0. The number of carboxylic acids is 2. The summed E-state index contributed by atoms with van der Waals surface area (Å²) in [5, 5.41) is 24.8. The summed E-state index contributed by atoms with van der Waals surface area (Å²) < 4.78 is 4.98. The van der Waals surface area contributed by atoms with Crippen LogP contribution in [0.4, 0.5) is 0 Å². The molecular weight excluding hydrogens is 304 g/mol. The van der Waals surface area contributed by atoms with Gasteiger partial charge >= 0.3 is 17.9 Å². The molecule has 0 fully saturated rings. The lowest BCUT2D eigenvalue weighted by atomic mass is 10.2. The number of unbranched alkanes of at least 4 members (excludes halogenated alkanes) is 4. The number of aliphatic hydroxyl groups excluding tert-OH is 1. The zero-order chi connectivity index (χ0) is 18.1. The van der Waals surface area contributed by atoms with Gasteiger partial charge in [-0.25, -0.2) is 4.79 Å². The molecule has 0 unspecified atom stereocenters. The minimum Gasteiger partial charge on any atom is -0.481 e. The molecule has 0 amide bonds. The molecule has 0 heterocycles. The highest BCUT2D eigenvalue weighted by molar-refractivity contribution is 5.84. The van der Waals surface area contributed by atoms with Crippen LogP contribution in [0.15, 0.2) is 12.2 Å². The molecule has 0 rings (SSSR count). The first kappa shape index (κ1) is 23.4. The number of carboxylic acid groups (broad SMARTS) is 2. The first-order chi connectivity index (χ1) is 10.8. The van der Waals surface area contributed by atoms with E-state index in [1.807, 2.05) is 0 Å². The van der Waals surface area contributed by atoms with E-state index in [1.54, 1.807) is 0 Å². The van der Waals surface area contributed by atoms with E-state index in [4.69, 9.17) is 20.1 Å². The average molecular weight is 332 g/mol. The maximum absolute atomic E-state index is 11.2. The Bertz CT molecular complexity index is 351. The van der Waals surface area contributed by atoms with E-state index in [2.05, 4.69) is 6.58 Å². The summed E-state index contributed by atoms with van der Waals surface area (Å²) in [6, 6.07) is 0. The van der Waals surface area contributed by atoms with Gasteiger partial charge in [-0.3, -0.25) is 9.59 Å². The minimum absolute atomic E-state index is 0.106. The maximum atomic E-state index is 11.2. The number of hydrogen-bond donors (Lipinski definition) is 3. The molecule has 0 aliphatic carbocycles. The molecule has 23 heavy (non-hydrogen) atoms. The topological polar surface area (TPSA) is 121 Å². The molecule has 0 aromatic heterocycles. The van der Waals surface area contributed by atoms with Gasteiger partial charge in [0.05, 0.1) is 6.61 Å². The fraction of sp³-hybridized carbons (Fsp3) is 0.688. The SMILES string of the molecule is C=C(C)C(=O)O.O=C(O)CCCCC(=O)OCCCCCCO. The zero-order valence-electron chi connectivity index (χ0n) is 13.8. The normalized spacial score (nSPS) is 9.48. The molecule has 0 spiro atoms. The van der Waals surface area contributed by atoms with Gasteiger partial charge in [-0.05, 0) is 39.0 Å². The Kier molecular flexibility index (Phi) is 16.8. The van der Waals surface area contributed by atoms with Crippen LogP contribution in [0.1, 0.15) is 58.3 Å². The third-order valence-corrected chi connectivity index (χ3v) is 2.70. The van der Waals surface area contributed by atoms with Crippen molar-refractivity contribution in [1.82, 2.24) is 0 Å². The Hall–Kier alpha value is -1.89. The highest BCUT2D eigenvalue weighted by Gasteiger charge is 2.03. The molecule has 0 aliphatic heterocycles. The molecule has 7 nitrogen and oxygen atoms in total. The Balaban J connectivity index is 0. The standard InChI is InChI=1S/C12H22O5.C4H6O2/c13-9-5-1-2-6-10-17-12(16)8-4-3-7-11(14)15;1-3(2)4(5)6/h13H,1-10H2,(H,14,15);1H2,2H3,(H,5,6). The van der Waals surface area contributed by atoms with Crippen molar-refractivity contribution < 1.29 is 34.4 Å². The number of aliphatic hydroxyl groups is 1. The molecule has 0 radical (unpaired) electrons. The smallest absolute Gasteiger partial charge is 0.330 e. The molecule has 0 saturated heterocycles. The lowest BCUT2D eigenvalue weighted by Gasteiger charge is -2.04. The second kappa shape index (κ2) is 16.5. The molecular formula is C16H28O7. The van der Waals surface area contributed by atoms with Crippen molar-refractivity contribution in [2.75, 3.05) is 13.2 Å². The lowest BCUT2D eigenvalue weighted by molar-refractivity contribution is -0.144. The molecule has 0 aliphatic rings. The third kappa shape index (κ3) is 22.5. The number of carbonyl (C=O) groups excluding carboxylic acids is 1.